The van der Waals surface area contributed by atoms with Gasteiger partial charge < -0.3 is 9.88 Å². The second-order valence-corrected chi connectivity index (χ2v) is 8.99. The van der Waals surface area contributed by atoms with Crippen molar-refractivity contribution in [3.05, 3.63) is 86.5 Å². The van der Waals surface area contributed by atoms with Crippen LogP contribution in [-0.4, -0.2) is 48.9 Å². The summed E-state index contributed by atoms with van der Waals surface area (Å²) in [5.41, 5.74) is 2.76. The topological polar surface area (TPSA) is 96.8 Å². The minimum Gasteiger partial charge on any atom is -0.339 e. The van der Waals surface area contributed by atoms with Crippen molar-refractivity contribution < 1.29 is 13.6 Å². The molecule has 1 saturated heterocycles. The molecule has 5 rings (SSSR count). The van der Waals surface area contributed by atoms with Crippen LogP contribution in [0.4, 0.5) is 8.78 Å². The van der Waals surface area contributed by atoms with E-state index in [1.807, 2.05) is 36.9 Å². The number of aromatic amines is 1. The third kappa shape index (κ3) is 4.43. The highest BCUT2D eigenvalue weighted by molar-refractivity contribution is 5.95. The Morgan fingerprint density at radius 1 is 1.11 bits per heavy atom. The number of aromatic nitrogens is 5. The van der Waals surface area contributed by atoms with Gasteiger partial charge >= 0.3 is 0 Å². The Morgan fingerprint density at radius 2 is 1.89 bits per heavy atom. The van der Waals surface area contributed by atoms with Gasteiger partial charge in [-0.3, -0.25) is 9.59 Å². The molecule has 10 heteroatoms. The number of amides is 1. The molecule has 0 radical (unpaired) electrons. The Kier molecular flexibility index (Phi) is 5.88. The maximum absolute atomic E-state index is 14.1. The molecule has 180 valence electrons. The highest BCUT2D eigenvalue weighted by Gasteiger charge is 2.27. The van der Waals surface area contributed by atoms with Crippen molar-refractivity contribution in [3.63, 3.8) is 0 Å². The van der Waals surface area contributed by atoms with Gasteiger partial charge in [0.2, 0.25) is 0 Å². The molecule has 0 atom stereocenters. The third-order valence-corrected chi connectivity index (χ3v) is 6.52. The lowest BCUT2D eigenvalue weighted by Gasteiger charge is -2.32. The zero-order chi connectivity index (χ0) is 24.7. The Balaban J connectivity index is 1.36. The van der Waals surface area contributed by atoms with Crippen molar-refractivity contribution in [1.29, 1.82) is 0 Å². The number of fused-ring (bicyclic) bond motifs is 1. The van der Waals surface area contributed by atoms with Crippen molar-refractivity contribution in [2.45, 2.75) is 39.2 Å². The lowest BCUT2D eigenvalue weighted by atomic mass is 9.94. The normalized spacial score (nSPS) is 14.6. The molecular formula is C25H24F2N6O2. The summed E-state index contributed by atoms with van der Waals surface area (Å²) in [6.45, 7) is 4.93. The van der Waals surface area contributed by atoms with Gasteiger partial charge in [-0.05, 0) is 44.4 Å². The monoisotopic (exact) mass is 478 g/mol. The van der Waals surface area contributed by atoms with Crippen LogP contribution in [-0.2, 0) is 6.54 Å². The Labute approximate surface area is 199 Å². The number of aryl methyl sites for hydroxylation is 2. The summed E-state index contributed by atoms with van der Waals surface area (Å²) < 4.78 is 28.7. The highest BCUT2D eigenvalue weighted by Crippen LogP contribution is 2.27. The van der Waals surface area contributed by atoms with Gasteiger partial charge in [-0.2, -0.15) is 0 Å². The zero-order valence-electron chi connectivity index (χ0n) is 19.4. The number of hydrogen-bond donors (Lipinski definition) is 1. The molecule has 0 spiro atoms. The molecule has 1 fully saturated rings. The molecule has 1 N–H and O–H groups in total. The quantitative estimate of drug-likeness (QED) is 0.485. The summed E-state index contributed by atoms with van der Waals surface area (Å²) >= 11 is 0. The molecule has 1 aliphatic rings. The number of rotatable bonds is 4. The van der Waals surface area contributed by atoms with Crippen LogP contribution in [0.5, 0.6) is 0 Å². The van der Waals surface area contributed by atoms with Gasteiger partial charge in [-0.25, -0.2) is 18.4 Å². The predicted octanol–water partition coefficient (Wildman–Crippen LogP) is 3.48. The molecule has 1 aliphatic heterocycles. The summed E-state index contributed by atoms with van der Waals surface area (Å²) in [6.07, 6.45) is 1.28. The van der Waals surface area contributed by atoms with Crippen molar-refractivity contribution >= 4 is 17.1 Å². The molecule has 0 aliphatic carbocycles. The summed E-state index contributed by atoms with van der Waals surface area (Å²) in [5.74, 6) is -0.941. The van der Waals surface area contributed by atoms with Crippen molar-refractivity contribution in [2.75, 3.05) is 13.1 Å². The number of H-pyrrole nitrogens is 1. The number of carbonyl (C=O) groups excluding carboxylic acids is 1. The van der Waals surface area contributed by atoms with E-state index in [0.717, 1.165) is 23.3 Å². The van der Waals surface area contributed by atoms with E-state index in [-0.39, 0.29) is 35.1 Å². The average molecular weight is 479 g/mol. The zero-order valence-corrected chi connectivity index (χ0v) is 19.4. The molecule has 3 heterocycles. The van der Waals surface area contributed by atoms with Crippen molar-refractivity contribution in [3.8, 4) is 0 Å². The first-order chi connectivity index (χ1) is 16.8. The second kappa shape index (κ2) is 9.01. The van der Waals surface area contributed by atoms with Crippen molar-refractivity contribution in [2.24, 2.45) is 0 Å². The van der Waals surface area contributed by atoms with E-state index in [0.29, 0.717) is 37.3 Å². The molecule has 0 unspecified atom stereocenters. The lowest BCUT2D eigenvalue weighted by Crippen LogP contribution is -2.38. The summed E-state index contributed by atoms with van der Waals surface area (Å²) in [4.78, 5) is 34.9. The summed E-state index contributed by atoms with van der Waals surface area (Å²) in [5, 5.41) is 7.85. The molecule has 1 amide bonds. The molecule has 8 nitrogen and oxygen atoms in total. The van der Waals surface area contributed by atoms with Gasteiger partial charge in [0, 0.05) is 36.2 Å². The number of benzene rings is 2. The van der Waals surface area contributed by atoms with Gasteiger partial charge in [0.25, 0.3) is 11.5 Å². The maximum atomic E-state index is 14.1. The second-order valence-electron chi connectivity index (χ2n) is 8.99. The van der Waals surface area contributed by atoms with Crippen LogP contribution in [0.25, 0.3) is 11.2 Å². The summed E-state index contributed by atoms with van der Waals surface area (Å²) in [7, 11) is 0. The first kappa shape index (κ1) is 22.8. The number of carbonyl (C=O) groups is 1. The first-order valence-electron chi connectivity index (χ1n) is 11.4. The van der Waals surface area contributed by atoms with Crippen LogP contribution in [0.1, 0.15) is 51.6 Å². The van der Waals surface area contributed by atoms with Crippen LogP contribution < -0.4 is 5.56 Å². The molecule has 0 bridgehead atoms. The van der Waals surface area contributed by atoms with Crippen molar-refractivity contribution in [1.82, 2.24) is 29.9 Å². The smallest absolute Gasteiger partial charge is 0.281 e. The Hall–Kier alpha value is -3.95. The fourth-order valence-electron chi connectivity index (χ4n) is 4.49. The van der Waals surface area contributed by atoms with Gasteiger partial charge in [0.05, 0.1) is 6.54 Å². The molecule has 0 saturated carbocycles. The van der Waals surface area contributed by atoms with Gasteiger partial charge in [0.1, 0.15) is 17.5 Å². The largest absolute Gasteiger partial charge is 0.339 e. The van der Waals surface area contributed by atoms with Crippen LogP contribution in [0.3, 0.4) is 0 Å². The Bertz CT molecular complexity index is 1490. The fourth-order valence-corrected chi connectivity index (χ4v) is 4.49. The number of piperidine rings is 1. The highest BCUT2D eigenvalue weighted by atomic mass is 19.1. The van der Waals surface area contributed by atoms with Gasteiger partial charge in [-0.15, -0.1) is 5.10 Å². The van der Waals surface area contributed by atoms with Crippen LogP contribution in [0.2, 0.25) is 0 Å². The fraction of sp³-hybridized carbons (Fsp3) is 0.320. The number of likely N-dealkylation sites (tertiary alicyclic amines) is 1. The average Bonchev–Trinajstić information content (AvgIpc) is 3.25. The molecule has 2 aromatic carbocycles. The van der Waals surface area contributed by atoms with Gasteiger partial charge in [-0.1, -0.05) is 29.0 Å². The molecule has 35 heavy (non-hydrogen) atoms. The molecular weight excluding hydrogens is 454 g/mol. The minimum absolute atomic E-state index is 0.00477. The van der Waals surface area contributed by atoms with Gasteiger partial charge in [0.15, 0.2) is 11.2 Å². The van der Waals surface area contributed by atoms with E-state index in [1.165, 1.54) is 10.7 Å². The number of hydrogen-bond acceptors (Lipinski definition) is 5. The predicted molar refractivity (Wildman–Crippen MR) is 125 cm³/mol. The summed E-state index contributed by atoms with van der Waals surface area (Å²) in [6, 6.07) is 9.14. The first-order valence-corrected chi connectivity index (χ1v) is 11.4. The van der Waals surface area contributed by atoms with Crippen LogP contribution >= 0.6 is 0 Å². The minimum atomic E-state index is -0.709. The third-order valence-electron chi connectivity index (χ3n) is 6.52. The van der Waals surface area contributed by atoms with E-state index in [9.17, 15) is 18.4 Å². The number of nitrogens with zero attached hydrogens (tertiary/aromatic N) is 5. The Morgan fingerprint density at radius 3 is 2.63 bits per heavy atom. The SMILES string of the molecule is Cc1ccc(C)c(C(=O)N2CCC(c3nc4c(nnn4Cc4ccc(F)cc4F)c(=O)[nH]3)CC2)c1. The van der Waals surface area contributed by atoms with Crippen LogP contribution in [0.15, 0.2) is 41.2 Å². The van der Waals surface area contributed by atoms with E-state index >= 15 is 0 Å². The lowest BCUT2D eigenvalue weighted by molar-refractivity contribution is 0.0710. The van der Waals surface area contributed by atoms with E-state index in [2.05, 4.69) is 20.3 Å². The van der Waals surface area contributed by atoms with Crippen LogP contribution in [0, 0.1) is 25.5 Å². The van der Waals surface area contributed by atoms with E-state index in [1.54, 1.807) is 0 Å². The van der Waals surface area contributed by atoms with E-state index in [4.69, 9.17) is 0 Å². The standard InChI is InChI=1S/C25H24F2N6O2/c1-14-3-4-15(2)19(11-14)25(35)32-9-7-16(8-10-32)22-28-23-21(24(34)29-22)30-31-33(23)13-17-5-6-18(26)12-20(17)27/h3-6,11-12,16H,7-10,13H2,1-2H3,(H,28,29,34). The van der Waals surface area contributed by atoms with E-state index < -0.39 is 17.2 Å². The number of halogens is 2. The molecule has 2 aromatic heterocycles. The maximum Gasteiger partial charge on any atom is 0.281 e. The number of nitrogens with one attached hydrogen (secondary N) is 1. The molecule has 4 aromatic rings.